The van der Waals surface area contributed by atoms with Crippen LogP contribution in [0.25, 0.3) is 16.9 Å². The Kier molecular flexibility index (Phi) is 6.76. The van der Waals surface area contributed by atoms with E-state index in [1.807, 2.05) is 66.7 Å². The van der Waals surface area contributed by atoms with Gasteiger partial charge < -0.3 is 20.5 Å². The Hall–Kier alpha value is -4.11. The van der Waals surface area contributed by atoms with Crippen LogP contribution in [0.1, 0.15) is 18.4 Å². The molecule has 1 saturated heterocycles. The molecule has 0 unspecified atom stereocenters. The van der Waals surface area contributed by atoms with Gasteiger partial charge in [-0.3, -0.25) is 4.90 Å². The molecule has 5 rings (SSSR count). The smallest absolute Gasteiger partial charge is 0.404 e. The number of ether oxygens (including phenoxy) is 1. The van der Waals surface area contributed by atoms with Gasteiger partial charge in [-0.25, -0.2) is 9.31 Å². The van der Waals surface area contributed by atoms with E-state index >= 15 is 0 Å². The fraction of sp³-hybridized carbons (Fsp3) is 0.269. The lowest BCUT2D eigenvalue weighted by Crippen LogP contribution is -2.25. The standard InChI is InChI=1S/C26H28N6O3/c33-26(34)27-18-19-5-3-6-20(17-19)23-7-4-8-24-29-25(30-32(23)24)28-21-9-11-22(12-10-21)35-16-15-31-13-1-2-14-31/h3-12,17,27H,1-2,13-16,18H2,(H,28,30)(H,33,34). The molecule has 1 aliphatic heterocycles. The predicted octanol–water partition coefficient (Wildman–Crippen LogP) is 4.38. The van der Waals surface area contributed by atoms with Crippen LogP contribution in [0.4, 0.5) is 16.4 Å². The van der Waals surface area contributed by atoms with Gasteiger partial charge >= 0.3 is 6.09 Å². The van der Waals surface area contributed by atoms with Crippen molar-refractivity contribution in [2.75, 3.05) is 31.6 Å². The average molecular weight is 473 g/mol. The molecule has 3 heterocycles. The lowest BCUT2D eigenvalue weighted by molar-refractivity contribution is 0.194. The molecule has 9 heteroatoms. The molecule has 9 nitrogen and oxygen atoms in total. The molecule has 0 saturated carbocycles. The highest BCUT2D eigenvalue weighted by atomic mass is 16.5. The van der Waals surface area contributed by atoms with Gasteiger partial charge in [0.05, 0.1) is 5.69 Å². The minimum absolute atomic E-state index is 0.237. The Morgan fingerprint density at radius 2 is 1.83 bits per heavy atom. The highest BCUT2D eigenvalue weighted by molar-refractivity contribution is 5.67. The maximum Gasteiger partial charge on any atom is 0.404 e. The number of pyridine rings is 1. The number of carbonyl (C=O) groups is 1. The second kappa shape index (κ2) is 10.4. The molecule has 0 atom stereocenters. The molecule has 2 aromatic heterocycles. The number of benzene rings is 2. The summed E-state index contributed by atoms with van der Waals surface area (Å²) in [5.74, 6) is 1.33. The van der Waals surface area contributed by atoms with Gasteiger partial charge in [0, 0.05) is 24.3 Å². The van der Waals surface area contributed by atoms with E-state index in [4.69, 9.17) is 9.84 Å². The van der Waals surface area contributed by atoms with Crippen molar-refractivity contribution in [2.24, 2.45) is 0 Å². The molecular formula is C26H28N6O3. The van der Waals surface area contributed by atoms with E-state index in [0.29, 0.717) is 18.2 Å². The SMILES string of the molecule is O=C(O)NCc1cccc(-c2cccc3nc(Nc4ccc(OCCN5CCCC5)cc4)nn23)c1. The number of fused-ring (bicyclic) bond motifs is 1. The summed E-state index contributed by atoms with van der Waals surface area (Å²) in [5, 5.41) is 19.2. The highest BCUT2D eigenvalue weighted by Crippen LogP contribution is 2.24. The molecule has 0 spiro atoms. The minimum atomic E-state index is -1.05. The van der Waals surface area contributed by atoms with Crippen LogP contribution in [0.15, 0.2) is 66.7 Å². The number of carboxylic acid groups (broad SMARTS) is 1. The average Bonchev–Trinajstić information content (AvgIpc) is 3.53. The molecular weight excluding hydrogens is 444 g/mol. The Bertz CT molecular complexity index is 1300. The molecule has 1 aliphatic rings. The number of nitrogens with zero attached hydrogens (tertiary/aromatic N) is 4. The molecule has 1 fully saturated rings. The third kappa shape index (κ3) is 5.70. The van der Waals surface area contributed by atoms with E-state index in [-0.39, 0.29) is 6.54 Å². The molecule has 3 N–H and O–H groups in total. The Labute approximate surface area is 203 Å². The van der Waals surface area contributed by atoms with Crippen molar-refractivity contribution >= 4 is 23.4 Å². The summed E-state index contributed by atoms with van der Waals surface area (Å²) in [6.07, 6.45) is 1.52. The maximum atomic E-state index is 10.8. The van der Waals surface area contributed by atoms with Crippen molar-refractivity contribution in [3.05, 3.63) is 72.3 Å². The molecule has 4 aromatic rings. The number of anilines is 2. The Morgan fingerprint density at radius 1 is 1.03 bits per heavy atom. The zero-order valence-corrected chi connectivity index (χ0v) is 19.4. The lowest BCUT2D eigenvalue weighted by Gasteiger charge is -2.15. The van der Waals surface area contributed by atoms with Gasteiger partial charge in [-0.1, -0.05) is 24.3 Å². The third-order valence-electron chi connectivity index (χ3n) is 6.01. The summed E-state index contributed by atoms with van der Waals surface area (Å²) in [7, 11) is 0. The van der Waals surface area contributed by atoms with E-state index in [0.717, 1.165) is 34.8 Å². The second-order valence-electron chi connectivity index (χ2n) is 8.52. The van der Waals surface area contributed by atoms with Crippen LogP contribution in [0.5, 0.6) is 5.75 Å². The largest absolute Gasteiger partial charge is 0.492 e. The van der Waals surface area contributed by atoms with Gasteiger partial charge in [-0.05, 0) is 74.0 Å². The van der Waals surface area contributed by atoms with Crippen molar-refractivity contribution in [1.82, 2.24) is 24.8 Å². The summed E-state index contributed by atoms with van der Waals surface area (Å²) in [6, 6.07) is 21.3. The van der Waals surface area contributed by atoms with Crippen LogP contribution in [0.2, 0.25) is 0 Å². The van der Waals surface area contributed by atoms with Gasteiger partial charge in [-0.15, -0.1) is 5.10 Å². The molecule has 0 radical (unpaired) electrons. The van der Waals surface area contributed by atoms with Gasteiger partial charge in [0.15, 0.2) is 5.65 Å². The van der Waals surface area contributed by atoms with Crippen LogP contribution in [-0.4, -0.2) is 56.9 Å². The number of aromatic nitrogens is 3. The second-order valence-corrected chi connectivity index (χ2v) is 8.52. The zero-order valence-electron chi connectivity index (χ0n) is 19.4. The van der Waals surface area contributed by atoms with Gasteiger partial charge in [-0.2, -0.15) is 4.98 Å². The van der Waals surface area contributed by atoms with Gasteiger partial charge in [0.2, 0.25) is 5.95 Å². The molecule has 35 heavy (non-hydrogen) atoms. The van der Waals surface area contributed by atoms with Crippen molar-refractivity contribution in [2.45, 2.75) is 19.4 Å². The normalized spacial score (nSPS) is 13.7. The van der Waals surface area contributed by atoms with Crippen molar-refractivity contribution < 1.29 is 14.6 Å². The van der Waals surface area contributed by atoms with Crippen LogP contribution in [0.3, 0.4) is 0 Å². The monoisotopic (exact) mass is 472 g/mol. The Balaban J connectivity index is 1.27. The van der Waals surface area contributed by atoms with E-state index < -0.39 is 6.09 Å². The van der Waals surface area contributed by atoms with Crippen LogP contribution >= 0.6 is 0 Å². The first-order valence-electron chi connectivity index (χ1n) is 11.8. The number of nitrogens with one attached hydrogen (secondary N) is 2. The minimum Gasteiger partial charge on any atom is -0.492 e. The molecule has 0 aliphatic carbocycles. The van der Waals surface area contributed by atoms with Crippen LogP contribution in [-0.2, 0) is 6.54 Å². The summed E-state index contributed by atoms with van der Waals surface area (Å²) in [5.41, 5.74) is 4.23. The van der Waals surface area contributed by atoms with Gasteiger partial charge in [0.1, 0.15) is 12.4 Å². The molecule has 180 valence electrons. The first-order valence-corrected chi connectivity index (χ1v) is 11.8. The predicted molar refractivity (Wildman–Crippen MR) is 134 cm³/mol. The van der Waals surface area contributed by atoms with Crippen LogP contribution in [0, 0.1) is 0 Å². The number of amides is 1. The number of hydrogen-bond donors (Lipinski definition) is 3. The molecule has 1 amide bonds. The van der Waals surface area contributed by atoms with Crippen molar-refractivity contribution in [1.29, 1.82) is 0 Å². The first-order chi connectivity index (χ1) is 17.1. The molecule has 2 aromatic carbocycles. The number of likely N-dealkylation sites (tertiary alicyclic amines) is 1. The quantitative estimate of drug-likeness (QED) is 0.332. The summed E-state index contributed by atoms with van der Waals surface area (Å²) < 4.78 is 7.66. The summed E-state index contributed by atoms with van der Waals surface area (Å²) >= 11 is 0. The van der Waals surface area contributed by atoms with Crippen molar-refractivity contribution in [3.8, 4) is 17.0 Å². The Morgan fingerprint density at radius 3 is 2.63 bits per heavy atom. The number of rotatable bonds is 9. The summed E-state index contributed by atoms with van der Waals surface area (Å²) in [4.78, 5) is 17.9. The van der Waals surface area contributed by atoms with Crippen molar-refractivity contribution in [3.63, 3.8) is 0 Å². The topological polar surface area (TPSA) is 104 Å². The fourth-order valence-corrected chi connectivity index (χ4v) is 4.26. The highest BCUT2D eigenvalue weighted by Gasteiger charge is 2.12. The lowest BCUT2D eigenvalue weighted by atomic mass is 10.1. The van der Waals surface area contributed by atoms with E-state index in [1.165, 1.54) is 25.9 Å². The van der Waals surface area contributed by atoms with E-state index in [9.17, 15) is 4.79 Å². The zero-order chi connectivity index (χ0) is 24.0. The fourth-order valence-electron chi connectivity index (χ4n) is 4.26. The van der Waals surface area contributed by atoms with E-state index in [1.54, 1.807) is 4.52 Å². The maximum absolute atomic E-state index is 10.8. The molecule has 0 bridgehead atoms. The van der Waals surface area contributed by atoms with Crippen LogP contribution < -0.4 is 15.4 Å². The third-order valence-corrected chi connectivity index (χ3v) is 6.01. The number of hydrogen-bond acceptors (Lipinski definition) is 6. The summed E-state index contributed by atoms with van der Waals surface area (Å²) in [6.45, 7) is 4.24. The first kappa shape index (κ1) is 22.7. The van der Waals surface area contributed by atoms with Gasteiger partial charge in [0.25, 0.3) is 0 Å². The van der Waals surface area contributed by atoms with E-state index in [2.05, 4.69) is 25.6 Å².